The second kappa shape index (κ2) is 12.9. The maximum absolute atomic E-state index is 13.5. The largest absolute Gasteiger partial charge is 0.481 e. The average Bonchev–Trinajstić information content (AvgIpc) is 3.53. The van der Waals surface area contributed by atoms with E-state index in [0.29, 0.717) is 36.9 Å². The highest BCUT2D eigenvalue weighted by molar-refractivity contribution is 5.97. The van der Waals surface area contributed by atoms with Crippen molar-refractivity contribution in [1.82, 2.24) is 25.1 Å². The lowest BCUT2D eigenvalue weighted by molar-refractivity contribution is -0.139. The fourth-order valence-electron chi connectivity index (χ4n) is 5.81. The number of benzene rings is 1. The Labute approximate surface area is 249 Å². The third kappa shape index (κ3) is 6.71. The lowest BCUT2D eigenvalue weighted by Crippen LogP contribution is -2.58. The van der Waals surface area contributed by atoms with Gasteiger partial charge in [0, 0.05) is 50.9 Å². The van der Waals surface area contributed by atoms with Crippen LogP contribution in [0.15, 0.2) is 36.4 Å². The molecule has 0 radical (unpaired) electrons. The van der Waals surface area contributed by atoms with Crippen molar-refractivity contribution in [1.29, 1.82) is 0 Å². The van der Waals surface area contributed by atoms with Gasteiger partial charge in [0.15, 0.2) is 5.82 Å². The molecular formula is C30H38N6O7. The molecule has 13 heteroatoms. The molecule has 2 saturated heterocycles. The van der Waals surface area contributed by atoms with Crippen molar-refractivity contribution in [2.45, 2.75) is 38.8 Å². The van der Waals surface area contributed by atoms with Gasteiger partial charge in [-0.15, -0.1) is 0 Å². The number of amides is 3. The third-order valence-electron chi connectivity index (χ3n) is 8.39. The standard InChI is InChI=1S/C30H38N6O7/c1-3-4-14-43-30(42)35-12-10-34(11-13-35)28(39)25(18(2)37)33-27(38)22-15-23(32-26(31-22)19-8-6-5-7-9-19)36-16-20-21(17-36)24(20)29(40)41/h5-9,15,18,20-21,24-25,37H,3-4,10-14,16-17H2,1-2H3,(H,33,38)(H,40,41)/t18-,20-,21+,24?,25+/m1/s1. The normalized spacial score (nSPS) is 22.4. The van der Waals surface area contributed by atoms with Crippen LogP contribution in [0, 0.1) is 17.8 Å². The van der Waals surface area contributed by atoms with Gasteiger partial charge in [0.25, 0.3) is 5.91 Å². The number of unbranched alkanes of at least 4 members (excludes halogenated alkanes) is 1. The molecule has 3 fully saturated rings. The van der Waals surface area contributed by atoms with Crippen LogP contribution < -0.4 is 10.2 Å². The molecule has 1 saturated carbocycles. The fraction of sp³-hybridized carbons (Fsp3) is 0.533. The predicted molar refractivity (Wildman–Crippen MR) is 155 cm³/mol. The van der Waals surface area contributed by atoms with Crippen molar-refractivity contribution < 1.29 is 34.1 Å². The first-order chi connectivity index (χ1) is 20.7. The number of piperazine rings is 1. The summed E-state index contributed by atoms with van der Waals surface area (Å²) < 4.78 is 5.26. The minimum absolute atomic E-state index is 0.0253. The Morgan fingerprint density at radius 3 is 2.28 bits per heavy atom. The predicted octanol–water partition coefficient (Wildman–Crippen LogP) is 1.47. The number of hydrogen-bond donors (Lipinski definition) is 3. The van der Waals surface area contributed by atoms with E-state index in [-0.39, 0.29) is 49.6 Å². The number of rotatable bonds is 10. The summed E-state index contributed by atoms with van der Waals surface area (Å²) in [4.78, 5) is 64.9. The second-order valence-corrected chi connectivity index (χ2v) is 11.4. The van der Waals surface area contributed by atoms with Crippen molar-refractivity contribution in [3.05, 3.63) is 42.1 Å². The molecule has 3 aliphatic rings. The van der Waals surface area contributed by atoms with Gasteiger partial charge in [0.2, 0.25) is 5.91 Å². The lowest BCUT2D eigenvalue weighted by atomic mass is 10.1. The molecule has 230 valence electrons. The molecule has 3 N–H and O–H groups in total. The Hall–Kier alpha value is -4.26. The van der Waals surface area contributed by atoms with Crippen LogP contribution in [0.25, 0.3) is 11.4 Å². The van der Waals surface area contributed by atoms with Crippen molar-refractivity contribution >= 4 is 29.7 Å². The van der Waals surface area contributed by atoms with Crippen molar-refractivity contribution in [3.8, 4) is 11.4 Å². The highest BCUT2D eigenvalue weighted by Crippen LogP contribution is 2.52. The van der Waals surface area contributed by atoms with E-state index >= 15 is 0 Å². The molecule has 5 atom stereocenters. The van der Waals surface area contributed by atoms with Crippen LogP contribution in [0.3, 0.4) is 0 Å². The van der Waals surface area contributed by atoms with Crippen molar-refractivity contribution in [2.75, 3.05) is 50.8 Å². The molecule has 1 aromatic carbocycles. The van der Waals surface area contributed by atoms with Gasteiger partial charge in [-0.3, -0.25) is 14.4 Å². The number of nitrogens with zero attached hydrogens (tertiary/aromatic N) is 5. The van der Waals surface area contributed by atoms with E-state index in [1.54, 1.807) is 4.90 Å². The molecular weight excluding hydrogens is 556 g/mol. The van der Waals surface area contributed by atoms with E-state index in [4.69, 9.17) is 4.74 Å². The molecule has 5 rings (SSSR count). The van der Waals surface area contributed by atoms with Gasteiger partial charge in [0.1, 0.15) is 17.6 Å². The number of fused-ring (bicyclic) bond motifs is 1. The van der Waals surface area contributed by atoms with E-state index in [0.717, 1.165) is 12.8 Å². The summed E-state index contributed by atoms with van der Waals surface area (Å²) in [5.41, 5.74) is 0.720. The summed E-state index contributed by atoms with van der Waals surface area (Å²) in [6.45, 7) is 5.87. The zero-order valence-electron chi connectivity index (χ0n) is 24.4. The molecule has 0 spiro atoms. The van der Waals surface area contributed by atoms with E-state index in [1.807, 2.05) is 42.2 Å². The summed E-state index contributed by atoms with van der Waals surface area (Å²) in [6, 6.07) is 9.48. The van der Waals surface area contributed by atoms with Gasteiger partial charge >= 0.3 is 12.1 Å². The SMILES string of the molecule is CCCCOC(=O)N1CCN(C(=O)[C@@H](NC(=O)c2cc(N3C[C@@H]4C(C(=O)O)[C@@H]4C3)nc(-c3ccccc3)n2)[C@@H](C)O)CC1. The zero-order chi connectivity index (χ0) is 30.7. The number of carboxylic acid groups (broad SMARTS) is 1. The van der Waals surface area contributed by atoms with E-state index in [1.165, 1.54) is 17.9 Å². The number of ether oxygens (including phenoxy) is 1. The number of aliphatic carboxylic acids is 1. The summed E-state index contributed by atoms with van der Waals surface area (Å²) in [5.74, 6) is -1.34. The van der Waals surface area contributed by atoms with Crippen molar-refractivity contribution in [2.24, 2.45) is 17.8 Å². The van der Waals surface area contributed by atoms with Gasteiger partial charge < -0.3 is 35.0 Å². The summed E-state index contributed by atoms with van der Waals surface area (Å²) in [5, 5.41) is 22.6. The summed E-state index contributed by atoms with van der Waals surface area (Å²) in [7, 11) is 0. The minimum Gasteiger partial charge on any atom is -0.481 e. The van der Waals surface area contributed by atoms with Crippen LogP contribution in [0.1, 0.15) is 37.2 Å². The Morgan fingerprint density at radius 2 is 1.67 bits per heavy atom. The molecule has 13 nitrogen and oxygen atoms in total. The Bertz CT molecular complexity index is 1340. The minimum atomic E-state index is -1.23. The number of anilines is 1. The Kier molecular flexibility index (Phi) is 9.09. The first kappa shape index (κ1) is 30.2. The molecule has 1 aliphatic carbocycles. The zero-order valence-corrected chi connectivity index (χ0v) is 24.4. The summed E-state index contributed by atoms with van der Waals surface area (Å²) >= 11 is 0. The summed E-state index contributed by atoms with van der Waals surface area (Å²) in [6.07, 6.45) is 0.0916. The Balaban J connectivity index is 1.28. The molecule has 3 amide bonds. The number of carbonyl (C=O) groups excluding carboxylic acids is 3. The quantitative estimate of drug-likeness (QED) is 0.343. The Morgan fingerprint density at radius 1 is 1.02 bits per heavy atom. The smallest absolute Gasteiger partial charge is 0.409 e. The third-order valence-corrected chi connectivity index (χ3v) is 8.39. The number of piperidine rings is 1. The number of aliphatic hydroxyl groups is 1. The molecule has 2 aromatic rings. The first-order valence-electron chi connectivity index (χ1n) is 14.8. The van der Waals surface area contributed by atoms with Gasteiger partial charge in [-0.2, -0.15) is 0 Å². The monoisotopic (exact) mass is 594 g/mol. The highest BCUT2D eigenvalue weighted by Gasteiger charge is 2.60. The number of carboxylic acids is 1. The van der Waals surface area contributed by atoms with Gasteiger partial charge in [-0.05, 0) is 25.2 Å². The van der Waals surface area contributed by atoms with E-state index < -0.39 is 36.0 Å². The molecule has 1 aromatic heterocycles. The first-order valence-corrected chi connectivity index (χ1v) is 14.8. The topological polar surface area (TPSA) is 165 Å². The lowest BCUT2D eigenvalue weighted by Gasteiger charge is -2.36. The van der Waals surface area contributed by atoms with E-state index in [9.17, 15) is 29.4 Å². The number of aromatic nitrogens is 2. The molecule has 3 heterocycles. The maximum atomic E-state index is 13.5. The molecule has 43 heavy (non-hydrogen) atoms. The van der Waals surface area contributed by atoms with Crippen LogP contribution in [-0.4, -0.2) is 112 Å². The van der Waals surface area contributed by atoms with Crippen LogP contribution in [0.5, 0.6) is 0 Å². The van der Waals surface area contributed by atoms with Gasteiger partial charge in [0.05, 0.1) is 18.6 Å². The van der Waals surface area contributed by atoms with Gasteiger partial charge in [-0.25, -0.2) is 14.8 Å². The van der Waals surface area contributed by atoms with Crippen LogP contribution >= 0.6 is 0 Å². The van der Waals surface area contributed by atoms with Crippen LogP contribution in [0.2, 0.25) is 0 Å². The number of aliphatic hydroxyl groups excluding tert-OH is 1. The van der Waals surface area contributed by atoms with Crippen LogP contribution in [-0.2, 0) is 14.3 Å². The second-order valence-electron chi connectivity index (χ2n) is 11.4. The van der Waals surface area contributed by atoms with E-state index in [2.05, 4.69) is 15.3 Å². The highest BCUT2D eigenvalue weighted by atomic mass is 16.6. The van der Waals surface area contributed by atoms with Crippen LogP contribution in [0.4, 0.5) is 10.6 Å². The molecule has 0 bridgehead atoms. The van der Waals surface area contributed by atoms with Gasteiger partial charge in [-0.1, -0.05) is 43.7 Å². The molecule has 1 unspecified atom stereocenters. The molecule has 2 aliphatic heterocycles. The maximum Gasteiger partial charge on any atom is 0.409 e. The van der Waals surface area contributed by atoms with Crippen molar-refractivity contribution in [3.63, 3.8) is 0 Å². The number of hydrogen-bond acceptors (Lipinski definition) is 9. The number of nitrogens with one attached hydrogen (secondary N) is 1. The number of carbonyl (C=O) groups is 4. The fourth-order valence-corrected chi connectivity index (χ4v) is 5.81. The average molecular weight is 595 g/mol.